The van der Waals surface area contributed by atoms with Gasteiger partial charge in [0.2, 0.25) is 0 Å². The molecule has 0 spiro atoms. The topological polar surface area (TPSA) is 0 Å². The van der Waals surface area contributed by atoms with Crippen LogP contribution in [0.3, 0.4) is 0 Å². The number of thioether (sulfide) groups is 2. The summed E-state index contributed by atoms with van der Waals surface area (Å²) in [6.45, 7) is 6.78. The predicted molar refractivity (Wildman–Crippen MR) is 71.2 cm³/mol. The maximum atomic E-state index is 2.40. The highest BCUT2D eigenvalue weighted by Crippen LogP contribution is 2.36. The van der Waals surface area contributed by atoms with Crippen molar-refractivity contribution in [3.8, 4) is 0 Å². The van der Waals surface area contributed by atoms with Crippen molar-refractivity contribution in [2.75, 3.05) is 11.5 Å². The van der Waals surface area contributed by atoms with Crippen molar-refractivity contribution in [3.05, 3.63) is 11.6 Å². The van der Waals surface area contributed by atoms with Crippen LogP contribution < -0.4 is 0 Å². The van der Waals surface area contributed by atoms with Crippen molar-refractivity contribution < 1.29 is 0 Å². The number of rotatable bonds is 5. The van der Waals surface area contributed by atoms with Gasteiger partial charge in [-0.3, -0.25) is 0 Å². The Labute approximate surface area is 97.3 Å². The zero-order chi connectivity index (χ0) is 10.4. The van der Waals surface area contributed by atoms with Gasteiger partial charge in [0, 0.05) is 11.5 Å². The Hall–Kier alpha value is 0.440. The van der Waals surface area contributed by atoms with Crippen LogP contribution in [0.15, 0.2) is 11.6 Å². The molecule has 1 atom stereocenters. The quantitative estimate of drug-likeness (QED) is 0.635. The molecule has 1 aliphatic heterocycles. The Morgan fingerprint density at radius 1 is 1.36 bits per heavy atom. The molecule has 0 saturated carbocycles. The monoisotopic (exact) mass is 230 g/mol. The lowest BCUT2D eigenvalue weighted by atomic mass is 10.0. The molecule has 0 nitrogen and oxygen atoms in total. The van der Waals surface area contributed by atoms with E-state index in [1.807, 2.05) is 0 Å². The van der Waals surface area contributed by atoms with Gasteiger partial charge < -0.3 is 0 Å². The van der Waals surface area contributed by atoms with Gasteiger partial charge in [0.05, 0.1) is 4.58 Å². The lowest BCUT2D eigenvalue weighted by molar-refractivity contribution is 0.518. The van der Waals surface area contributed by atoms with Crippen molar-refractivity contribution >= 4 is 23.5 Å². The van der Waals surface area contributed by atoms with E-state index in [2.05, 4.69) is 50.4 Å². The summed E-state index contributed by atoms with van der Waals surface area (Å²) in [5.74, 6) is 3.64. The average molecular weight is 230 g/mol. The van der Waals surface area contributed by atoms with Gasteiger partial charge in [-0.25, -0.2) is 0 Å². The zero-order valence-electron chi connectivity index (χ0n) is 9.58. The van der Waals surface area contributed by atoms with Crippen LogP contribution in [-0.4, -0.2) is 16.1 Å². The van der Waals surface area contributed by atoms with Crippen LogP contribution in [0.1, 0.15) is 40.0 Å². The minimum atomic E-state index is 0.897. The predicted octanol–water partition coefficient (Wildman–Crippen LogP) is 4.57. The van der Waals surface area contributed by atoms with E-state index in [9.17, 15) is 0 Å². The molecule has 0 amide bonds. The second-order valence-corrected chi connectivity index (χ2v) is 7.29. The Bertz CT molecular complexity index is 177. The molecule has 0 N–H and O–H groups in total. The standard InChI is InChI=1S/C12H22S2/c1-10(2)5-4-6-11(3)9-12-13-7-8-14-12/h5,11-12H,4,6-9H2,1-3H3. The molecule has 1 rings (SSSR count). The van der Waals surface area contributed by atoms with Crippen LogP contribution in [0.2, 0.25) is 0 Å². The number of hydrogen-bond acceptors (Lipinski definition) is 2. The van der Waals surface area contributed by atoms with Gasteiger partial charge in [0.1, 0.15) is 0 Å². The van der Waals surface area contributed by atoms with Crippen LogP contribution in [0, 0.1) is 5.92 Å². The third-order valence-corrected chi connectivity index (χ3v) is 5.58. The molecule has 2 heteroatoms. The first-order chi connectivity index (χ1) is 6.68. The molecule has 0 aliphatic carbocycles. The summed E-state index contributed by atoms with van der Waals surface area (Å²) >= 11 is 4.32. The first-order valence-electron chi connectivity index (χ1n) is 5.55. The first-order valence-corrected chi connectivity index (χ1v) is 7.65. The second kappa shape index (κ2) is 6.84. The molecule has 0 aromatic carbocycles. The van der Waals surface area contributed by atoms with E-state index in [1.165, 1.54) is 36.3 Å². The normalized spacial score (nSPS) is 19.6. The molecule has 1 aliphatic rings. The average Bonchev–Trinajstić information content (AvgIpc) is 2.56. The van der Waals surface area contributed by atoms with Gasteiger partial charge in [-0.15, -0.1) is 23.5 Å². The molecule has 0 bridgehead atoms. The van der Waals surface area contributed by atoms with Gasteiger partial charge in [-0.05, 0) is 39.0 Å². The van der Waals surface area contributed by atoms with Crippen LogP contribution in [0.5, 0.6) is 0 Å². The maximum absolute atomic E-state index is 2.40. The molecule has 1 saturated heterocycles. The van der Waals surface area contributed by atoms with Crippen molar-refractivity contribution in [1.29, 1.82) is 0 Å². The van der Waals surface area contributed by atoms with Crippen molar-refractivity contribution in [1.82, 2.24) is 0 Å². The molecular weight excluding hydrogens is 208 g/mol. The van der Waals surface area contributed by atoms with E-state index in [0.29, 0.717) is 0 Å². The summed E-state index contributed by atoms with van der Waals surface area (Å²) in [6.07, 6.45) is 6.41. The molecule has 1 heterocycles. The van der Waals surface area contributed by atoms with E-state index in [-0.39, 0.29) is 0 Å². The Balaban J connectivity index is 2.09. The summed E-state index contributed by atoms with van der Waals surface area (Å²) in [5.41, 5.74) is 1.46. The third-order valence-electron chi connectivity index (χ3n) is 2.50. The molecule has 1 fully saturated rings. The second-order valence-electron chi connectivity index (χ2n) is 4.37. The molecule has 0 radical (unpaired) electrons. The molecular formula is C12H22S2. The van der Waals surface area contributed by atoms with Crippen molar-refractivity contribution in [2.45, 2.75) is 44.6 Å². The highest BCUT2D eigenvalue weighted by molar-refractivity contribution is 8.20. The summed E-state index contributed by atoms with van der Waals surface area (Å²) < 4.78 is 0.900. The molecule has 14 heavy (non-hydrogen) atoms. The van der Waals surface area contributed by atoms with E-state index in [1.54, 1.807) is 0 Å². The van der Waals surface area contributed by atoms with Gasteiger partial charge in [-0.1, -0.05) is 18.6 Å². The van der Waals surface area contributed by atoms with Crippen LogP contribution >= 0.6 is 23.5 Å². The van der Waals surface area contributed by atoms with Crippen molar-refractivity contribution in [2.24, 2.45) is 5.92 Å². The smallest absolute Gasteiger partial charge is 0.0505 e. The van der Waals surface area contributed by atoms with Crippen LogP contribution in [-0.2, 0) is 0 Å². The van der Waals surface area contributed by atoms with E-state index in [0.717, 1.165) is 10.5 Å². The SMILES string of the molecule is CC(C)=CCCC(C)CC1SCCS1. The van der Waals surface area contributed by atoms with E-state index < -0.39 is 0 Å². The number of hydrogen-bond donors (Lipinski definition) is 0. The van der Waals surface area contributed by atoms with Crippen LogP contribution in [0.25, 0.3) is 0 Å². The summed E-state index contributed by atoms with van der Waals surface area (Å²) in [7, 11) is 0. The summed E-state index contributed by atoms with van der Waals surface area (Å²) in [6, 6.07) is 0. The highest BCUT2D eigenvalue weighted by atomic mass is 32.2. The number of allylic oxidation sites excluding steroid dienone is 2. The fourth-order valence-corrected chi connectivity index (χ4v) is 4.83. The largest absolute Gasteiger partial charge is 0.147 e. The third kappa shape index (κ3) is 5.35. The Morgan fingerprint density at radius 2 is 2.00 bits per heavy atom. The fraction of sp³-hybridized carbons (Fsp3) is 0.833. The van der Waals surface area contributed by atoms with Crippen molar-refractivity contribution in [3.63, 3.8) is 0 Å². The van der Waals surface area contributed by atoms with E-state index in [4.69, 9.17) is 0 Å². The lowest BCUT2D eigenvalue weighted by Gasteiger charge is -2.14. The minimum Gasteiger partial charge on any atom is -0.147 e. The lowest BCUT2D eigenvalue weighted by Crippen LogP contribution is -2.02. The highest BCUT2D eigenvalue weighted by Gasteiger charge is 2.18. The summed E-state index contributed by atoms with van der Waals surface area (Å²) in [5, 5.41) is 0. The van der Waals surface area contributed by atoms with Gasteiger partial charge in [-0.2, -0.15) is 0 Å². The van der Waals surface area contributed by atoms with Gasteiger partial charge in [0.15, 0.2) is 0 Å². The molecule has 1 unspecified atom stereocenters. The molecule has 0 aromatic heterocycles. The first kappa shape index (κ1) is 12.5. The Morgan fingerprint density at radius 3 is 2.57 bits per heavy atom. The summed E-state index contributed by atoms with van der Waals surface area (Å²) in [4.78, 5) is 0. The van der Waals surface area contributed by atoms with Gasteiger partial charge >= 0.3 is 0 Å². The molecule has 0 aromatic rings. The van der Waals surface area contributed by atoms with E-state index >= 15 is 0 Å². The maximum Gasteiger partial charge on any atom is 0.0505 e. The minimum absolute atomic E-state index is 0.897. The Kier molecular flexibility index (Phi) is 6.11. The zero-order valence-corrected chi connectivity index (χ0v) is 11.2. The molecule has 82 valence electrons. The van der Waals surface area contributed by atoms with Gasteiger partial charge in [0.25, 0.3) is 0 Å². The van der Waals surface area contributed by atoms with Crippen LogP contribution in [0.4, 0.5) is 0 Å². The fourth-order valence-electron chi connectivity index (χ4n) is 1.65.